The summed E-state index contributed by atoms with van der Waals surface area (Å²) in [5.41, 5.74) is 1.39. The smallest absolute Gasteiger partial charge is 0.358 e. The highest BCUT2D eigenvalue weighted by atomic mass is 35.5. The number of H-pyrrole nitrogens is 1. The molecule has 0 aliphatic rings. The van der Waals surface area contributed by atoms with Gasteiger partial charge in [0.25, 0.3) is 0 Å². The minimum Gasteiger partial charge on any atom is -0.358 e. The zero-order valence-electron chi connectivity index (χ0n) is 11.1. The number of aromatic nitrogens is 1. The van der Waals surface area contributed by atoms with Crippen molar-refractivity contribution in [2.45, 2.75) is 12.6 Å². The number of aromatic amines is 1. The third kappa shape index (κ3) is 2.94. The monoisotopic (exact) mass is 342 g/mol. The Morgan fingerprint density at radius 2 is 1.86 bits per heavy atom. The van der Waals surface area contributed by atoms with Crippen molar-refractivity contribution in [3.05, 3.63) is 69.3 Å². The largest absolute Gasteiger partial charge is 0.416 e. The molecule has 113 valence electrons. The highest BCUT2D eigenvalue weighted by molar-refractivity contribution is 6.35. The summed E-state index contributed by atoms with van der Waals surface area (Å²) in [5.74, 6) is 0. The van der Waals surface area contributed by atoms with E-state index in [4.69, 9.17) is 23.2 Å². The summed E-state index contributed by atoms with van der Waals surface area (Å²) in [6.07, 6.45) is -3.96. The molecule has 1 radical (unpaired) electrons. The molecule has 6 heteroatoms. The fraction of sp³-hybridized carbons (Fsp3) is 0.125. The number of rotatable bonds is 2. The Kier molecular flexibility index (Phi) is 3.83. The molecule has 3 rings (SSSR count). The lowest BCUT2D eigenvalue weighted by Gasteiger charge is -2.05. The Morgan fingerprint density at radius 3 is 2.55 bits per heavy atom. The summed E-state index contributed by atoms with van der Waals surface area (Å²) < 4.78 is 38.2. The van der Waals surface area contributed by atoms with Gasteiger partial charge in [-0.05, 0) is 35.9 Å². The van der Waals surface area contributed by atoms with Crippen molar-refractivity contribution in [2.24, 2.45) is 0 Å². The third-order valence-electron chi connectivity index (χ3n) is 3.36. The normalized spacial score (nSPS) is 12.0. The molecule has 0 aliphatic heterocycles. The Hall–Kier alpha value is -1.65. The van der Waals surface area contributed by atoms with Crippen LogP contribution in [0.2, 0.25) is 10.0 Å². The maximum atomic E-state index is 12.7. The molecule has 0 saturated carbocycles. The minimum atomic E-state index is -4.35. The SMILES string of the molecule is FC(F)(F)c1ccc2[nH]c(Cc3c(Cl)[c]ccc3Cl)cc2c1. The summed E-state index contributed by atoms with van der Waals surface area (Å²) in [7, 11) is 0. The first-order valence-electron chi connectivity index (χ1n) is 6.38. The van der Waals surface area contributed by atoms with E-state index in [1.807, 2.05) is 0 Å². The number of benzene rings is 2. The highest BCUT2D eigenvalue weighted by Crippen LogP contribution is 2.32. The van der Waals surface area contributed by atoms with Gasteiger partial charge in [-0.3, -0.25) is 0 Å². The van der Waals surface area contributed by atoms with Crippen LogP contribution in [0.25, 0.3) is 10.9 Å². The molecule has 22 heavy (non-hydrogen) atoms. The van der Waals surface area contributed by atoms with E-state index in [0.717, 1.165) is 17.8 Å². The first kappa shape index (κ1) is 15.3. The lowest BCUT2D eigenvalue weighted by atomic mass is 10.1. The van der Waals surface area contributed by atoms with E-state index in [2.05, 4.69) is 11.1 Å². The molecule has 0 saturated heterocycles. The van der Waals surface area contributed by atoms with Crippen molar-refractivity contribution in [3.8, 4) is 0 Å². The van der Waals surface area contributed by atoms with Crippen molar-refractivity contribution in [1.29, 1.82) is 0 Å². The predicted molar refractivity (Wildman–Crippen MR) is 81.4 cm³/mol. The molecule has 3 aromatic rings. The van der Waals surface area contributed by atoms with E-state index in [9.17, 15) is 13.2 Å². The summed E-state index contributed by atoms with van der Waals surface area (Å²) in [6, 6.07) is 11.4. The van der Waals surface area contributed by atoms with Crippen LogP contribution in [0, 0.1) is 6.07 Å². The molecule has 0 spiro atoms. The number of nitrogens with one attached hydrogen (secondary N) is 1. The summed E-state index contributed by atoms with van der Waals surface area (Å²) >= 11 is 12.2. The van der Waals surface area contributed by atoms with Gasteiger partial charge in [0.1, 0.15) is 0 Å². The van der Waals surface area contributed by atoms with Crippen LogP contribution in [0.3, 0.4) is 0 Å². The fourth-order valence-corrected chi connectivity index (χ4v) is 2.80. The van der Waals surface area contributed by atoms with Crippen LogP contribution in [-0.2, 0) is 12.6 Å². The molecule has 0 amide bonds. The molecule has 0 aliphatic carbocycles. The van der Waals surface area contributed by atoms with Gasteiger partial charge in [-0.1, -0.05) is 29.3 Å². The van der Waals surface area contributed by atoms with Crippen LogP contribution in [0.15, 0.2) is 36.4 Å². The predicted octanol–water partition coefficient (Wildman–Crippen LogP) is 5.88. The molecule has 2 aromatic carbocycles. The van der Waals surface area contributed by atoms with Crippen LogP contribution in [0.5, 0.6) is 0 Å². The van der Waals surface area contributed by atoms with Gasteiger partial charge in [0, 0.05) is 34.1 Å². The molecule has 1 nitrogen and oxygen atoms in total. The minimum absolute atomic E-state index is 0.394. The number of hydrogen-bond acceptors (Lipinski definition) is 0. The summed E-state index contributed by atoms with van der Waals surface area (Å²) in [5, 5.41) is 1.40. The molecule has 0 bridgehead atoms. The second-order valence-electron chi connectivity index (χ2n) is 4.89. The molecule has 0 unspecified atom stereocenters. The van der Waals surface area contributed by atoms with Gasteiger partial charge in [-0.25, -0.2) is 0 Å². The van der Waals surface area contributed by atoms with Gasteiger partial charge < -0.3 is 4.98 Å². The van der Waals surface area contributed by atoms with Crippen LogP contribution < -0.4 is 0 Å². The van der Waals surface area contributed by atoms with Gasteiger partial charge >= 0.3 is 6.18 Å². The second kappa shape index (κ2) is 5.52. The molecular formula is C16H9Cl2F3N. The van der Waals surface area contributed by atoms with Gasteiger partial charge in [0.05, 0.1) is 10.6 Å². The lowest BCUT2D eigenvalue weighted by molar-refractivity contribution is -0.137. The molecule has 0 atom stereocenters. The molecule has 1 heterocycles. The van der Waals surface area contributed by atoms with Gasteiger partial charge in [0.15, 0.2) is 0 Å². The molecule has 1 aromatic heterocycles. The zero-order chi connectivity index (χ0) is 15.9. The first-order valence-corrected chi connectivity index (χ1v) is 7.13. The third-order valence-corrected chi connectivity index (χ3v) is 4.06. The number of alkyl halides is 3. The number of hydrogen-bond donors (Lipinski definition) is 1. The molecule has 0 fully saturated rings. The zero-order valence-corrected chi connectivity index (χ0v) is 12.6. The molecular weight excluding hydrogens is 334 g/mol. The fourth-order valence-electron chi connectivity index (χ4n) is 2.30. The van der Waals surface area contributed by atoms with Gasteiger partial charge in [-0.2, -0.15) is 13.2 Å². The molecule has 1 N–H and O–H groups in total. The van der Waals surface area contributed by atoms with Crippen molar-refractivity contribution in [2.75, 3.05) is 0 Å². The summed E-state index contributed by atoms with van der Waals surface area (Å²) in [6.45, 7) is 0. The van der Waals surface area contributed by atoms with E-state index in [1.54, 1.807) is 18.2 Å². The Balaban J connectivity index is 1.99. The quantitative estimate of drug-likeness (QED) is 0.598. The summed E-state index contributed by atoms with van der Waals surface area (Å²) in [4.78, 5) is 3.08. The van der Waals surface area contributed by atoms with Crippen LogP contribution >= 0.6 is 23.2 Å². The van der Waals surface area contributed by atoms with Crippen molar-refractivity contribution < 1.29 is 13.2 Å². The van der Waals surface area contributed by atoms with Gasteiger partial charge in [0.2, 0.25) is 0 Å². The van der Waals surface area contributed by atoms with E-state index < -0.39 is 11.7 Å². The van der Waals surface area contributed by atoms with Crippen molar-refractivity contribution in [3.63, 3.8) is 0 Å². The van der Waals surface area contributed by atoms with E-state index in [1.165, 1.54) is 6.07 Å². The topological polar surface area (TPSA) is 15.8 Å². The average Bonchev–Trinajstić information content (AvgIpc) is 2.83. The number of halogens is 5. The maximum absolute atomic E-state index is 12.7. The highest BCUT2D eigenvalue weighted by Gasteiger charge is 2.30. The average molecular weight is 343 g/mol. The second-order valence-corrected chi connectivity index (χ2v) is 5.67. The van der Waals surface area contributed by atoms with Crippen LogP contribution in [-0.4, -0.2) is 4.98 Å². The van der Waals surface area contributed by atoms with Crippen LogP contribution in [0.1, 0.15) is 16.8 Å². The Morgan fingerprint density at radius 1 is 1.09 bits per heavy atom. The first-order chi connectivity index (χ1) is 10.3. The Labute approximate surface area is 134 Å². The standard InChI is InChI=1S/C16H9Cl2F3N/c17-13-2-1-3-14(18)12(13)8-11-7-9-6-10(16(19,20)21)4-5-15(9)22-11/h1-2,4-7,22H,8H2. The Bertz CT molecular complexity index is 817. The number of fused-ring (bicyclic) bond motifs is 1. The van der Waals surface area contributed by atoms with Crippen molar-refractivity contribution >= 4 is 34.1 Å². The van der Waals surface area contributed by atoms with Crippen LogP contribution in [0.4, 0.5) is 13.2 Å². The van der Waals surface area contributed by atoms with E-state index >= 15 is 0 Å². The lowest BCUT2D eigenvalue weighted by Crippen LogP contribution is -2.03. The van der Waals surface area contributed by atoms with E-state index in [0.29, 0.717) is 32.9 Å². The maximum Gasteiger partial charge on any atom is 0.416 e. The van der Waals surface area contributed by atoms with E-state index in [-0.39, 0.29) is 0 Å². The van der Waals surface area contributed by atoms with Crippen molar-refractivity contribution in [1.82, 2.24) is 4.98 Å². The van der Waals surface area contributed by atoms with Gasteiger partial charge in [-0.15, -0.1) is 0 Å².